The van der Waals surface area contributed by atoms with Gasteiger partial charge in [0, 0.05) is 48.9 Å². The van der Waals surface area contributed by atoms with Crippen molar-refractivity contribution in [1.29, 1.82) is 0 Å². The minimum absolute atomic E-state index is 0. The third kappa shape index (κ3) is 5.12. The maximum atomic E-state index is 12.2. The molecule has 1 aromatic carbocycles. The third-order valence-corrected chi connectivity index (χ3v) is 6.02. The van der Waals surface area contributed by atoms with Crippen molar-refractivity contribution in [1.82, 2.24) is 24.9 Å². The average molecular weight is 438 g/mol. The van der Waals surface area contributed by atoms with Crippen molar-refractivity contribution in [2.45, 2.75) is 23.7 Å². The van der Waals surface area contributed by atoms with Crippen molar-refractivity contribution in [3.05, 3.63) is 48.3 Å². The summed E-state index contributed by atoms with van der Waals surface area (Å²) in [6, 6.07) is 10.1. The van der Waals surface area contributed by atoms with Gasteiger partial charge in [-0.1, -0.05) is 0 Å². The van der Waals surface area contributed by atoms with E-state index >= 15 is 0 Å². The normalized spacial score (nSPS) is 13.9. The van der Waals surface area contributed by atoms with E-state index in [1.54, 1.807) is 24.4 Å². The maximum Gasteiger partial charge on any atom is 0.240 e. The molecule has 0 radical (unpaired) electrons. The minimum atomic E-state index is -3.57. The molecule has 11 heteroatoms. The number of ether oxygens (including phenoxy) is 1. The Morgan fingerprint density at radius 2 is 1.97 bits per heavy atom. The fourth-order valence-corrected chi connectivity index (χ4v) is 3.84. The van der Waals surface area contributed by atoms with Gasteiger partial charge in [-0.3, -0.25) is 5.10 Å². The molecule has 30 heavy (non-hydrogen) atoms. The quantitative estimate of drug-likeness (QED) is 0.354. The van der Waals surface area contributed by atoms with Crippen LogP contribution in [-0.4, -0.2) is 48.8 Å². The van der Waals surface area contributed by atoms with Crippen LogP contribution >= 0.6 is 0 Å². The largest absolute Gasteiger partial charge is 0.383 e. The predicted octanol–water partition coefficient (Wildman–Crippen LogP) is 3.47. The van der Waals surface area contributed by atoms with E-state index in [-0.39, 0.29) is 17.1 Å². The Morgan fingerprint density at radius 3 is 2.70 bits per heavy atom. The first-order chi connectivity index (χ1) is 14.5. The van der Waals surface area contributed by atoms with Crippen LogP contribution < -0.4 is 15.4 Å². The smallest absolute Gasteiger partial charge is 0.240 e. The van der Waals surface area contributed by atoms with E-state index in [1.165, 1.54) is 32.1 Å². The molecule has 1 aliphatic rings. The molecular formula is C19H31N7O3S. The van der Waals surface area contributed by atoms with Gasteiger partial charge in [0.25, 0.3) is 0 Å². The molecule has 4 N–H and O–H groups in total. The number of anilines is 4. The van der Waals surface area contributed by atoms with E-state index < -0.39 is 10.0 Å². The first-order valence-corrected chi connectivity index (χ1v) is 11.0. The number of hydrogen-bond acceptors (Lipinski definition) is 8. The fourth-order valence-electron chi connectivity index (χ4n) is 2.83. The second kappa shape index (κ2) is 8.78. The molecule has 4 rings (SSSR count). The van der Waals surface area contributed by atoms with Gasteiger partial charge in [-0.2, -0.15) is 10.1 Å². The number of H-pyrrole nitrogens is 1. The van der Waals surface area contributed by atoms with E-state index in [2.05, 4.69) is 35.5 Å². The lowest BCUT2D eigenvalue weighted by atomic mass is 10.3. The van der Waals surface area contributed by atoms with Crippen molar-refractivity contribution >= 4 is 33.3 Å². The van der Waals surface area contributed by atoms with Crippen molar-refractivity contribution in [3.8, 4) is 0 Å². The molecule has 0 bridgehead atoms. The first kappa shape index (κ1) is 20.3. The SMILES string of the molecule is COCCNS(=O)(=O)c1ccc(Nc2nccc(Nc3cc(C4CC4)[nH]n3)n2)cc1.[HH].[HH].[HH].[HH]. The van der Waals surface area contributed by atoms with E-state index in [0.717, 1.165) is 5.69 Å². The van der Waals surface area contributed by atoms with Gasteiger partial charge in [-0.05, 0) is 43.2 Å². The molecule has 1 saturated carbocycles. The Hall–Kier alpha value is -3.02. The molecule has 2 heterocycles. The summed E-state index contributed by atoms with van der Waals surface area (Å²) in [5.74, 6) is 2.28. The Balaban J connectivity index is 0.00000272. The lowest BCUT2D eigenvalue weighted by molar-refractivity contribution is 0.204. The molecule has 0 saturated heterocycles. The molecule has 1 aliphatic carbocycles. The van der Waals surface area contributed by atoms with Gasteiger partial charge in [0.2, 0.25) is 16.0 Å². The van der Waals surface area contributed by atoms with Crippen LogP contribution in [0.2, 0.25) is 0 Å². The molecule has 0 amide bonds. The molecule has 0 aliphatic heterocycles. The van der Waals surface area contributed by atoms with Crippen LogP contribution in [0, 0.1) is 0 Å². The molecule has 0 unspecified atom stereocenters. The summed E-state index contributed by atoms with van der Waals surface area (Å²) in [5, 5.41) is 13.5. The zero-order valence-electron chi connectivity index (χ0n) is 16.4. The van der Waals surface area contributed by atoms with Crippen LogP contribution in [0.4, 0.5) is 23.3 Å². The molecule has 166 valence electrons. The number of benzene rings is 1. The number of sulfonamides is 1. The highest BCUT2D eigenvalue weighted by Gasteiger charge is 2.25. The van der Waals surface area contributed by atoms with Crippen LogP contribution in [0.15, 0.2) is 47.5 Å². The summed E-state index contributed by atoms with van der Waals surface area (Å²) in [6.45, 7) is 0.519. The maximum absolute atomic E-state index is 12.2. The summed E-state index contributed by atoms with van der Waals surface area (Å²) in [7, 11) is -2.06. The highest BCUT2D eigenvalue weighted by molar-refractivity contribution is 7.89. The second-order valence-electron chi connectivity index (χ2n) is 6.91. The molecule has 1 fully saturated rings. The zero-order valence-corrected chi connectivity index (χ0v) is 17.2. The molecular weight excluding hydrogens is 406 g/mol. The molecule has 0 atom stereocenters. The Bertz CT molecular complexity index is 1110. The molecule has 2 aromatic heterocycles. The summed E-state index contributed by atoms with van der Waals surface area (Å²) in [6.07, 6.45) is 4.03. The summed E-state index contributed by atoms with van der Waals surface area (Å²) < 4.78 is 31.8. The number of nitrogens with zero attached hydrogens (tertiary/aromatic N) is 3. The van der Waals surface area contributed by atoms with E-state index in [1.807, 2.05) is 6.07 Å². The Morgan fingerprint density at radius 1 is 1.17 bits per heavy atom. The van der Waals surface area contributed by atoms with E-state index in [4.69, 9.17) is 4.74 Å². The van der Waals surface area contributed by atoms with Gasteiger partial charge in [-0.25, -0.2) is 18.1 Å². The van der Waals surface area contributed by atoms with Gasteiger partial charge in [0.15, 0.2) is 5.82 Å². The van der Waals surface area contributed by atoms with Crippen LogP contribution in [-0.2, 0) is 14.8 Å². The fraction of sp³-hybridized carbons (Fsp3) is 0.316. The number of methoxy groups -OCH3 is 1. The van der Waals surface area contributed by atoms with Gasteiger partial charge < -0.3 is 15.4 Å². The minimum Gasteiger partial charge on any atom is -0.383 e. The Labute approximate surface area is 180 Å². The van der Waals surface area contributed by atoms with E-state index in [0.29, 0.717) is 35.8 Å². The van der Waals surface area contributed by atoms with Crippen molar-refractivity contribution in [3.63, 3.8) is 0 Å². The number of nitrogens with one attached hydrogen (secondary N) is 4. The zero-order chi connectivity index (χ0) is 21.0. The first-order valence-electron chi connectivity index (χ1n) is 9.54. The summed E-state index contributed by atoms with van der Waals surface area (Å²) in [4.78, 5) is 8.80. The van der Waals surface area contributed by atoms with Gasteiger partial charge in [0.05, 0.1) is 11.5 Å². The van der Waals surface area contributed by atoms with Crippen LogP contribution in [0.3, 0.4) is 0 Å². The van der Waals surface area contributed by atoms with Crippen LogP contribution in [0.1, 0.15) is 30.2 Å². The number of aromatic amines is 1. The van der Waals surface area contributed by atoms with Crippen molar-refractivity contribution in [2.24, 2.45) is 0 Å². The highest BCUT2D eigenvalue weighted by Crippen LogP contribution is 2.39. The molecule has 10 nitrogen and oxygen atoms in total. The highest BCUT2D eigenvalue weighted by atomic mass is 32.2. The second-order valence-corrected chi connectivity index (χ2v) is 8.68. The van der Waals surface area contributed by atoms with E-state index in [9.17, 15) is 8.42 Å². The lowest BCUT2D eigenvalue weighted by Crippen LogP contribution is -2.27. The number of aromatic nitrogens is 4. The Kier molecular flexibility index (Phi) is 5.93. The number of rotatable bonds is 10. The standard InChI is InChI=1S/C19H23N7O3S.4H2/c1-29-11-10-21-30(27,28)15-6-4-14(5-7-15)22-19-20-9-8-17(24-19)23-18-12-16(25-26-18)13-2-3-13;;;;/h4-9,12-13,21H,2-3,10-11H2,1H3,(H3,20,22,23,24,25,26);4*1H. The third-order valence-electron chi connectivity index (χ3n) is 4.55. The average Bonchev–Trinajstić information content (AvgIpc) is 3.48. The van der Waals surface area contributed by atoms with Gasteiger partial charge >= 0.3 is 0 Å². The monoisotopic (exact) mass is 437 g/mol. The van der Waals surface area contributed by atoms with Crippen LogP contribution in [0.25, 0.3) is 0 Å². The van der Waals surface area contributed by atoms with Crippen LogP contribution in [0.5, 0.6) is 0 Å². The van der Waals surface area contributed by atoms with Crippen molar-refractivity contribution < 1.29 is 18.9 Å². The van der Waals surface area contributed by atoms with Gasteiger partial charge in [-0.15, -0.1) is 0 Å². The molecule has 0 spiro atoms. The lowest BCUT2D eigenvalue weighted by Gasteiger charge is -2.09. The predicted molar refractivity (Wildman–Crippen MR) is 121 cm³/mol. The van der Waals surface area contributed by atoms with Gasteiger partial charge in [0.1, 0.15) is 5.82 Å². The summed E-state index contributed by atoms with van der Waals surface area (Å²) in [5.41, 5.74) is 1.80. The number of hydrogen-bond donors (Lipinski definition) is 4. The van der Waals surface area contributed by atoms with Crippen molar-refractivity contribution in [2.75, 3.05) is 30.9 Å². The topological polar surface area (TPSA) is 134 Å². The molecule has 3 aromatic rings. The summed E-state index contributed by atoms with van der Waals surface area (Å²) >= 11 is 0.